The van der Waals surface area contributed by atoms with Crippen LogP contribution in [0.1, 0.15) is 70.5 Å². The van der Waals surface area contributed by atoms with Gasteiger partial charge in [0.15, 0.2) is 0 Å². The summed E-state index contributed by atoms with van der Waals surface area (Å²) in [5, 5.41) is 13.0. The molecule has 144 valence electrons. The van der Waals surface area contributed by atoms with Gasteiger partial charge < -0.3 is 10.2 Å². The van der Waals surface area contributed by atoms with Crippen LogP contribution in [0.5, 0.6) is 0 Å². The molecule has 0 unspecified atom stereocenters. The molecular formula is C21H35N5. The van der Waals surface area contributed by atoms with Gasteiger partial charge >= 0.3 is 0 Å². The molecule has 0 aromatic carbocycles. The van der Waals surface area contributed by atoms with Crippen molar-refractivity contribution in [2.75, 3.05) is 31.5 Å². The second kappa shape index (κ2) is 6.81. The third kappa shape index (κ3) is 2.96. The Hall–Kier alpha value is -1.10. The van der Waals surface area contributed by atoms with Gasteiger partial charge in [0.2, 0.25) is 5.95 Å². The van der Waals surface area contributed by atoms with Gasteiger partial charge in [0.25, 0.3) is 0 Å². The number of aromatic nitrogens is 3. The van der Waals surface area contributed by atoms with Crippen molar-refractivity contribution >= 4 is 5.95 Å². The van der Waals surface area contributed by atoms with Crippen molar-refractivity contribution in [3.8, 4) is 0 Å². The third-order valence-corrected chi connectivity index (χ3v) is 7.74. The molecule has 5 nitrogen and oxygen atoms in total. The third-order valence-electron chi connectivity index (χ3n) is 7.74. The summed E-state index contributed by atoms with van der Waals surface area (Å²) in [5.41, 5.74) is 0.338. The van der Waals surface area contributed by atoms with Crippen molar-refractivity contribution in [2.45, 2.75) is 76.7 Å². The molecule has 4 aliphatic carbocycles. The molecule has 1 saturated heterocycles. The number of piperidine rings is 1. The summed E-state index contributed by atoms with van der Waals surface area (Å²) in [6.07, 6.45) is 12.7. The second-order valence-corrected chi connectivity index (χ2v) is 9.62. The molecule has 26 heavy (non-hydrogen) atoms. The number of hydrogen-bond acceptors (Lipinski definition) is 4. The normalized spacial score (nSPS) is 36.6. The molecule has 5 aliphatic rings. The lowest BCUT2D eigenvalue weighted by molar-refractivity contribution is -0.0110. The molecule has 1 aromatic heterocycles. The standard InChI is InChI=1S/C21H35N5/c1-2-26-19(21-13-16-10-17(14-21)12-18(11-16)15-21)23-24-20(26)22-6-9-25-7-4-3-5-8-25/h16-18H,2-15H2,1H3,(H,22,24). The van der Waals surface area contributed by atoms with Gasteiger partial charge in [0.05, 0.1) is 0 Å². The smallest absolute Gasteiger partial charge is 0.224 e. The average molecular weight is 358 g/mol. The highest BCUT2D eigenvalue weighted by Crippen LogP contribution is 2.60. The minimum Gasteiger partial charge on any atom is -0.353 e. The summed E-state index contributed by atoms with van der Waals surface area (Å²) in [6, 6.07) is 0. The monoisotopic (exact) mass is 357 g/mol. The van der Waals surface area contributed by atoms with Gasteiger partial charge in [-0.3, -0.25) is 4.57 Å². The summed E-state index contributed by atoms with van der Waals surface area (Å²) >= 11 is 0. The lowest BCUT2D eigenvalue weighted by Crippen LogP contribution is -2.49. The predicted molar refractivity (Wildman–Crippen MR) is 104 cm³/mol. The number of nitrogens with one attached hydrogen (secondary N) is 1. The molecule has 4 saturated carbocycles. The van der Waals surface area contributed by atoms with E-state index >= 15 is 0 Å². The first-order valence-corrected chi connectivity index (χ1v) is 11.2. The van der Waals surface area contributed by atoms with Crippen LogP contribution in [0, 0.1) is 17.8 Å². The zero-order chi connectivity index (χ0) is 17.6. The van der Waals surface area contributed by atoms with Crippen molar-refractivity contribution in [2.24, 2.45) is 17.8 Å². The lowest BCUT2D eigenvalue weighted by Gasteiger charge is -2.56. The maximum Gasteiger partial charge on any atom is 0.224 e. The molecule has 1 aromatic rings. The Morgan fingerprint density at radius 1 is 0.962 bits per heavy atom. The summed E-state index contributed by atoms with van der Waals surface area (Å²) in [4.78, 5) is 2.59. The number of hydrogen-bond donors (Lipinski definition) is 1. The summed E-state index contributed by atoms with van der Waals surface area (Å²) < 4.78 is 2.41. The molecule has 4 bridgehead atoms. The first-order valence-electron chi connectivity index (χ1n) is 11.2. The highest BCUT2D eigenvalue weighted by atomic mass is 15.4. The first-order chi connectivity index (χ1) is 12.8. The fourth-order valence-corrected chi connectivity index (χ4v) is 7.02. The average Bonchev–Trinajstić information content (AvgIpc) is 3.05. The minimum absolute atomic E-state index is 0.338. The van der Waals surface area contributed by atoms with E-state index in [0.717, 1.165) is 43.3 Å². The predicted octanol–water partition coefficient (Wildman–Crippen LogP) is 3.66. The zero-order valence-electron chi connectivity index (χ0n) is 16.4. The SMILES string of the molecule is CCn1c(NCCN2CCCCC2)nnc1C12CC3CC(CC(C3)C1)C2. The molecule has 0 radical (unpaired) electrons. The van der Waals surface area contributed by atoms with Crippen molar-refractivity contribution in [3.05, 3.63) is 5.82 Å². The molecule has 5 fully saturated rings. The van der Waals surface area contributed by atoms with E-state index in [0.29, 0.717) is 5.41 Å². The van der Waals surface area contributed by atoms with Gasteiger partial charge in [0, 0.05) is 25.0 Å². The molecule has 2 heterocycles. The Bertz CT molecular complexity index is 595. The largest absolute Gasteiger partial charge is 0.353 e. The second-order valence-electron chi connectivity index (χ2n) is 9.62. The van der Waals surface area contributed by atoms with Gasteiger partial charge in [-0.05, 0) is 89.1 Å². The Balaban J connectivity index is 1.30. The molecule has 0 amide bonds. The molecule has 0 spiro atoms. The Morgan fingerprint density at radius 3 is 2.23 bits per heavy atom. The van der Waals surface area contributed by atoms with Crippen LogP contribution in [-0.2, 0) is 12.0 Å². The lowest BCUT2D eigenvalue weighted by atomic mass is 9.49. The van der Waals surface area contributed by atoms with Crippen LogP contribution >= 0.6 is 0 Å². The molecule has 0 atom stereocenters. The maximum atomic E-state index is 4.78. The van der Waals surface area contributed by atoms with E-state index in [1.54, 1.807) is 0 Å². The van der Waals surface area contributed by atoms with E-state index in [2.05, 4.69) is 26.8 Å². The minimum atomic E-state index is 0.338. The highest BCUT2D eigenvalue weighted by molar-refractivity contribution is 5.30. The Labute approximate surface area is 157 Å². The van der Waals surface area contributed by atoms with E-state index in [1.165, 1.54) is 76.7 Å². The van der Waals surface area contributed by atoms with E-state index in [9.17, 15) is 0 Å². The van der Waals surface area contributed by atoms with Crippen molar-refractivity contribution < 1.29 is 0 Å². The molecule has 5 heteroatoms. The summed E-state index contributed by atoms with van der Waals surface area (Å²) in [6.45, 7) is 7.88. The Kier molecular flexibility index (Phi) is 4.46. The van der Waals surface area contributed by atoms with Gasteiger partial charge in [-0.2, -0.15) is 0 Å². The maximum absolute atomic E-state index is 4.78. The number of nitrogens with zero attached hydrogens (tertiary/aromatic N) is 4. The van der Waals surface area contributed by atoms with E-state index in [4.69, 9.17) is 5.10 Å². The van der Waals surface area contributed by atoms with Crippen LogP contribution in [0.3, 0.4) is 0 Å². The van der Waals surface area contributed by atoms with Crippen molar-refractivity contribution in [1.29, 1.82) is 0 Å². The number of anilines is 1. The van der Waals surface area contributed by atoms with E-state index in [1.807, 2.05) is 0 Å². The van der Waals surface area contributed by atoms with Gasteiger partial charge in [0.1, 0.15) is 5.82 Å². The van der Waals surface area contributed by atoms with Crippen molar-refractivity contribution in [3.63, 3.8) is 0 Å². The van der Waals surface area contributed by atoms with Gasteiger partial charge in [-0.1, -0.05) is 6.42 Å². The number of rotatable bonds is 6. The van der Waals surface area contributed by atoms with Crippen LogP contribution in [-0.4, -0.2) is 45.8 Å². The van der Waals surface area contributed by atoms with E-state index < -0.39 is 0 Å². The van der Waals surface area contributed by atoms with Crippen LogP contribution < -0.4 is 5.32 Å². The topological polar surface area (TPSA) is 46.0 Å². The van der Waals surface area contributed by atoms with Crippen LogP contribution in [0.4, 0.5) is 5.95 Å². The molecular weight excluding hydrogens is 322 g/mol. The fraction of sp³-hybridized carbons (Fsp3) is 0.905. The molecule has 1 aliphatic heterocycles. The molecule has 6 rings (SSSR count). The summed E-state index contributed by atoms with van der Waals surface area (Å²) in [7, 11) is 0. The number of likely N-dealkylation sites (tertiary alicyclic amines) is 1. The highest BCUT2D eigenvalue weighted by Gasteiger charge is 2.53. The van der Waals surface area contributed by atoms with Crippen molar-refractivity contribution in [1.82, 2.24) is 19.7 Å². The van der Waals surface area contributed by atoms with Crippen LogP contribution in [0.15, 0.2) is 0 Å². The fourth-order valence-electron chi connectivity index (χ4n) is 7.02. The quantitative estimate of drug-likeness (QED) is 0.844. The van der Waals surface area contributed by atoms with Crippen LogP contribution in [0.2, 0.25) is 0 Å². The van der Waals surface area contributed by atoms with Gasteiger partial charge in [-0.15, -0.1) is 10.2 Å². The molecule has 1 N–H and O–H groups in total. The first kappa shape index (κ1) is 17.0. The zero-order valence-corrected chi connectivity index (χ0v) is 16.4. The van der Waals surface area contributed by atoms with E-state index in [-0.39, 0.29) is 0 Å². The summed E-state index contributed by atoms with van der Waals surface area (Å²) in [5.74, 6) is 5.19. The van der Waals surface area contributed by atoms with Crippen LogP contribution in [0.25, 0.3) is 0 Å². The Morgan fingerprint density at radius 2 is 1.62 bits per heavy atom. The van der Waals surface area contributed by atoms with Gasteiger partial charge in [-0.25, -0.2) is 0 Å².